The fourth-order valence-electron chi connectivity index (χ4n) is 2.45. The molecule has 0 saturated carbocycles. The zero-order valence-electron chi connectivity index (χ0n) is 16.9. The summed E-state index contributed by atoms with van der Waals surface area (Å²) >= 11 is 0. The van der Waals surface area contributed by atoms with Crippen molar-refractivity contribution in [3.63, 3.8) is 0 Å². The maximum atomic E-state index is 14.6. The first-order valence-electron chi connectivity index (χ1n) is 9.07. The predicted molar refractivity (Wildman–Crippen MR) is 100 cm³/mol. The maximum absolute atomic E-state index is 14.6. The van der Waals surface area contributed by atoms with Crippen LogP contribution in [0, 0.1) is 11.7 Å². The molecule has 6 nitrogen and oxygen atoms in total. The van der Waals surface area contributed by atoms with Crippen LogP contribution < -0.4 is 10.1 Å². The molecule has 0 radical (unpaired) electrons. The topological polar surface area (TPSA) is 73.9 Å². The molecule has 27 heavy (non-hydrogen) atoms. The Labute approximate surface area is 160 Å². The van der Waals surface area contributed by atoms with Crippen LogP contribution in [-0.4, -0.2) is 31.4 Å². The van der Waals surface area contributed by atoms with Crippen LogP contribution in [0.1, 0.15) is 59.1 Å². The molecule has 1 amide bonds. The van der Waals surface area contributed by atoms with Gasteiger partial charge in [-0.05, 0) is 45.2 Å². The Morgan fingerprint density at radius 2 is 1.93 bits per heavy atom. The zero-order valence-corrected chi connectivity index (χ0v) is 16.9. The summed E-state index contributed by atoms with van der Waals surface area (Å²) in [5, 5.41) is 2.35. The lowest BCUT2D eigenvalue weighted by molar-refractivity contribution is -0.143. The normalized spacial score (nSPS) is 13.4. The molecular formula is C20H30FNO5. The lowest BCUT2D eigenvalue weighted by Gasteiger charge is -2.23. The molecule has 0 fully saturated rings. The first-order valence-corrected chi connectivity index (χ1v) is 9.07. The molecule has 1 unspecified atom stereocenters. The molecule has 0 aromatic heterocycles. The van der Waals surface area contributed by atoms with E-state index in [1.54, 1.807) is 26.8 Å². The zero-order chi connectivity index (χ0) is 20.6. The molecule has 0 heterocycles. The maximum Gasteiger partial charge on any atom is 0.408 e. The van der Waals surface area contributed by atoms with Crippen molar-refractivity contribution in [1.29, 1.82) is 0 Å². The standard InChI is InChI=1S/C20H30FNO5/c1-7-8-13(2)12-26-14-9-10-15(16(21)11-14)17(18(23)25-6)22-19(24)27-20(3,4)5/h9-11,13,17H,7-8,12H2,1-6H3,(H,22,24)/t13?,17-/m1/s1. The smallest absolute Gasteiger partial charge is 0.408 e. The molecule has 0 aliphatic rings. The van der Waals surface area contributed by atoms with Crippen molar-refractivity contribution in [3.05, 3.63) is 29.6 Å². The Hall–Kier alpha value is -2.31. The number of benzene rings is 1. The summed E-state index contributed by atoms with van der Waals surface area (Å²) in [6.45, 7) is 9.69. The van der Waals surface area contributed by atoms with Gasteiger partial charge in [-0.15, -0.1) is 0 Å². The minimum atomic E-state index is -1.32. The number of alkyl carbamates (subject to hydrolysis) is 1. The summed E-state index contributed by atoms with van der Waals surface area (Å²) in [5.74, 6) is -0.762. The molecule has 0 bridgehead atoms. The van der Waals surface area contributed by atoms with Gasteiger partial charge in [-0.25, -0.2) is 14.0 Å². The van der Waals surface area contributed by atoms with Crippen molar-refractivity contribution in [2.75, 3.05) is 13.7 Å². The van der Waals surface area contributed by atoms with Crippen LogP contribution >= 0.6 is 0 Å². The quantitative estimate of drug-likeness (QED) is 0.675. The van der Waals surface area contributed by atoms with E-state index in [2.05, 4.69) is 23.9 Å². The van der Waals surface area contributed by atoms with Gasteiger partial charge in [0.05, 0.1) is 13.7 Å². The second-order valence-corrected chi connectivity index (χ2v) is 7.49. The highest BCUT2D eigenvalue weighted by Gasteiger charge is 2.29. The summed E-state index contributed by atoms with van der Waals surface area (Å²) < 4.78 is 30.0. The number of esters is 1. The van der Waals surface area contributed by atoms with E-state index in [0.717, 1.165) is 20.0 Å². The van der Waals surface area contributed by atoms with Gasteiger partial charge >= 0.3 is 12.1 Å². The minimum absolute atomic E-state index is 0.0262. The van der Waals surface area contributed by atoms with Gasteiger partial charge in [-0.2, -0.15) is 0 Å². The van der Waals surface area contributed by atoms with Crippen LogP contribution in [0.4, 0.5) is 9.18 Å². The molecule has 0 aliphatic carbocycles. The van der Waals surface area contributed by atoms with Crippen LogP contribution in [0.2, 0.25) is 0 Å². The monoisotopic (exact) mass is 383 g/mol. The van der Waals surface area contributed by atoms with E-state index in [-0.39, 0.29) is 5.56 Å². The second-order valence-electron chi connectivity index (χ2n) is 7.49. The highest BCUT2D eigenvalue weighted by atomic mass is 19.1. The lowest BCUT2D eigenvalue weighted by Crippen LogP contribution is -2.38. The van der Waals surface area contributed by atoms with Crippen LogP contribution in [0.5, 0.6) is 5.75 Å². The molecule has 7 heteroatoms. The van der Waals surface area contributed by atoms with Gasteiger partial charge in [0, 0.05) is 11.6 Å². The highest BCUT2D eigenvalue weighted by Crippen LogP contribution is 2.24. The van der Waals surface area contributed by atoms with Gasteiger partial charge in [0.25, 0.3) is 0 Å². The third kappa shape index (κ3) is 7.85. The number of ether oxygens (including phenoxy) is 3. The molecular weight excluding hydrogens is 353 g/mol. The van der Waals surface area contributed by atoms with Crippen LogP contribution in [0.3, 0.4) is 0 Å². The van der Waals surface area contributed by atoms with Crippen LogP contribution in [0.25, 0.3) is 0 Å². The SMILES string of the molecule is CCCC(C)COc1ccc([C@@H](NC(=O)OC(C)(C)C)C(=O)OC)c(F)c1. The molecule has 1 rings (SSSR count). The largest absolute Gasteiger partial charge is 0.493 e. The molecule has 0 spiro atoms. The number of carbonyl (C=O) groups is 2. The first-order chi connectivity index (χ1) is 12.6. The Morgan fingerprint density at radius 1 is 1.26 bits per heavy atom. The molecule has 0 aliphatic heterocycles. The number of amides is 1. The molecule has 1 aromatic carbocycles. The van der Waals surface area contributed by atoms with Gasteiger partial charge < -0.3 is 19.5 Å². The number of nitrogens with one attached hydrogen (secondary N) is 1. The molecule has 152 valence electrons. The fraction of sp³-hybridized carbons (Fsp3) is 0.600. The number of halogens is 1. The van der Waals surface area contributed by atoms with E-state index in [0.29, 0.717) is 18.3 Å². The van der Waals surface area contributed by atoms with Crippen molar-refractivity contribution < 1.29 is 28.2 Å². The Morgan fingerprint density at radius 3 is 2.44 bits per heavy atom. The van der Waals surface area contributed by atoms with Gasteiger partial charge in [0.2, 0.25) is 0 Å². The molecule has 2 atom stereocenters. The van der Waals surface area contributed by atoms with Crippen LogP contribution in [-0.2, 0) is 14.3 Å². The summed E-state index contributed by atoms with van der Waals surface area (Å²) in [5.41, 5.74) is -0.780. The molecule has 1 N–H and O–H groups in total. The van der Waals surface area contributed by atoms with Gasteiger partial charge in [-0.1, -0.05) is 20.3 Å². The van der Waals surface area contributed by atoms with E-state index in [1.807, 2.05) is 0 Å². The fourth-order valence-corrected chi connectivity index (χ4v) is 2.45. The minimum Gasteiger partial charge on any atom is -0.493 e. The lowest BCUT2D eigenvalue weighted by atomic mass is 10.1. The van der Waals surface area contributed by atoms with Crippen LogP contribution in [0.15, 0.2) is 18.2 Å². The molecule has 1 aromatic rings. The Kier molecular flexibility index (Phi) is 8.53. The van der Waals surface area contributed by atoms with Gasteiger partial charge in [-0.3, -0.25) is 0 Å². The number of hydrogen-bond acceptors (Lipinski definition) is 5. The van der Waals surface area contributed by atoms with E-state index in [9.17, 15) is 14.0 Å². The highest BCUT2D eigenvalue weighted by molar-refractivity contribution is 5.82. The van der Waals surface area contributed by atoms with Crippen molar-refractivity contribution in [2.24, 2.45) is 5.92 Å². The first kappa shape index (κ1) is 22.7. The van der Waals surface area contributed by atoms with Crippen molar-refractivity contribution >= 4 is 12.1 Å². The average molecular weight is 383 g/mol. The van der Waals surface area contributed by atoms with E-state index in [4.69, 9.17) is 9.47 Å². The molecule has 0 saturated heterocycles. The third-order valence-corrected chi connectivity index (χ3v) is 3.70. The van der Waals surface area contributed by atoms with Crippen molar-refractivity contribution in [1.82, 2.24) is 5.32 Å². The second kappa shape index (κ2) is 10.1. The summed E-state index contributed by atoms with van der Waals surface area (Å²) in [6.07, 6.45) is 1.23. The van der Waals surface area contributed by atoms with Crippen molar-refractivity contribution in [3.8, 4) is 5.75 Å². The van der Waals surface area contributed by atoms with E-state index >= 15 is 0 Å². The number of hydrogen-bond donors (Lipinski definition) is 1. The average Bonchev–Trinajstić information content (AvgIpc) is 2.56. The third-order valence-electron chi connectivity index (χ3n) is 3.70. The number of carbonyl (C=O) groups excluding carboxylic acids is 2. The van der Waals surface area contributed by atoms with Gasteiger partial charge in [0.15, 0.2) is 6.04 Å². The van der Waals surface area contributed by atoms with Gasteiger partial charge in [0.1, 0.15) is 17.2 Å². The number of methoxy groups -OCH3 is 1. The summed E-state index contributed by atoms with van der Waals surface area (Å²) in [7, 11) is 1.16. The summed E-state index contributed by atoms with van der Waals surface area (Å²) in [6, 6.07) is 2.83. The summed E-state index contributed by atoms with van der Waals surface area (Å²) in [4.78, 5) is 24.0. The Bertz CT molecular complexity index is 642. The van der Waals surface area contributed by atoms with E-state index in [1.165, 1.54) is 12.1 Å². The van der Waals surface area contributed by atoms with E-state index < -0.39 is 29.5 Å². The Balaban J connectivity index is 2.93. The number of rotatable bonds is 8. The predicted octanol–water partition coefficient (Wildman–Crippen LogP) is 4.38. The van der Waals surface area contributed by atoms with Crippen molar-refractivity contribution in [2.45, 2.75) is 59.1 Å².